The molecule has 0 saturated carbocycles. The van der Waals surface area contributed by atoms with Gasteiger partial charge in [0.25, 0.3) is 5.91 Å². The van der Waals surface area contributed by atoms with E-state index in [1.807, 2.05) is 13.8 Å². The molecule has 0 radical (unpaired) electrons. The Balaban J connectivity index is 2.92. The molecule has 0 unspecified atom stereocenters. The van der Waals surface area contributed by atoms with Gasteiger partial charge >= 0.3 is 5.97 Å². The molecular formula is C15H20ClNO5. The molecule has 0 aliphatic heterocycles. The molecule has 0 saturated heterocycles. The van der Waals surface area contributed by atoms with Crippen LogP contribution < -0.4 is 14.8 Å². The summed E-state index contributed by atoms with van der Waals surface area (Å²) in [6.45, 7) is 4.12. The Morgan fingerprint density at radius 3 is 2.55 bits per heavy atom. The van der Waals surface area contributed by atoms with Crippen molar-refractivity contribution in [3.63, 3.8) is 0 Å². The molecule has 1 aromatic carbocycles. The van der Waals surface area contributed by atoms with Crippen LogP contribution in [0.1, 0.15) is 24.2 Å². The van der Waals surface area contributed by atoms with Crippen LogP contribution in [0.2, 0.25) is 5.02 Å². The van der Waals surface area contributed by atoms with E-state index in [9.17, 15) is 9.59 Å². The predicted molar refractivity (Wildman–Crippen MR) is 82.7 cm³/mol. The number of methoxy groups -OCH3 is 1. The van der Waals surface area contributed by atoms with E-state index in [2.05, 4.69) is 5.32 Å². The molecule has 6 nitrogen and oxygen atoms in total. The maximum Gasteiger partial charge on any atom is 0.338 e. The number of esters is 1. The zero-order chi connectivity index (χ0) is 16.7. The summed E-state index contributed by atoms with van der Waals surface area (Å²) in [4.78, 5) is 23.0. The minimum absolute atomic E-state index is 0.183. The summed E-state index contributed by atoms with van der Waals surface area (Å²) in [5, 5.41) is 2.60. The van der Waals surface area contributed by atoms with Crippen molar-refractivity contribution in [1.29, 1.82) is 0 Å². The number of likely N-dealkylation sites (N-methyl/N-ethyl adjacent to an activating group) is 1. The third kappa shape index (κ3) is 5.11. The summed E-state index contributed by atoms with van der Waals surface area (Å²) in [6, 6.07) is 2.89. The summed E-state index contributed by atoms with van der Waals surface area (Å²) in [5.74, 6) is -0.0405. The van der Waals surface area contributed by atoms with Crippen LogP contribution in [0.15, 0.2) is 12.1 Å². The first-order valence-corrected chi connectivity index (χ1v) is 7.14. The fraction of sp³-hybridized carbons (Fsp3) is 0.467. The Hall–Kier alpha value is -1.95. The third-order valence-electron chi connectivity index (χ3n) is 2.64. The predicted octanol–water partition coefficient (Wildman–Crippen LogP) is 2.29. The summed E-state index contributed by atoms with van der Waals surface area (Å²) in [5.41, 5.74) is 0.183. The van der Waals surface area contributed by atoms with Crippen molar-refractivity contribution >= 4 is 23.5 Å². The molecule has 0 bridgehead atoms. The lowest BCUT2D eigenvalue weighted by Gasteiger charge is -2.15. The monoisotopic (exact) mass is 329 g/mol. The van der Waals surface area contributed by atoms with Crippen molar-refractivity contribution in [2.75, 3.05) is 27.4 Å². The molecule has 0 fully saturated rings. The molecule has 0 heterocycles. The number of benzene rings is 1. The van der Waals surface area contributed by atoms with E-state index in [1.165, 1.54) is 26.3 Å². The summed E-state index contributed by atoms with van der Waals surface area (Å²) < 4.78 is 15.7. The second-order valence-electron chi connectivity index (χ2n) is 4.94. The van der Waals surface area contributed by atoms with Crippen LogP contribution in [0, 0.1) is 5.92 Å². The summed E-state index contributed by atoms with van der Waals surface area (Å²) >= 11 is 6.14. The van der Waals surface area contributed by atoms with E-state index < -0.39 is 11.9 Å². The Kier molecular flexibility index (Phi) is 6.98. The molecular weight excluding hydrogens is 310 g/mol. The molecule has 0 aliphatic rings. The van der Waals surface area contributed by atoms with Gasteiger partial charge in [0.2, 0.25) is 0 Å². The average molecular weight is 330 g/mol. The lowest BCUT2D eigenvalue weighted by atomic mass is 10.2. The minimum Gasteiger partial charge on any atom is -0.493 e. The Morgan fingerprint density at radius 1 is 1.32 bits per heavy atom. The van der Waals surface area contributed by atoms with E-state index >= 15 is 0 Å². The van der Waals surface area contributed by atoms with Crippen molar-refractivity contribution in [2.24, 2.45) is 5.92 Å². The summed E-state index contributed by atoms with van der Waals surface area (Å²) in [7, 11) is 2.91. The zero-order valence-corrected chi connectivity index (χ0v) is 13.8. The van der Waals surface area contributed by atoms with E-state index in [-0.39, 0.29) is 17.2 Å². The number of rotatable bonds is 7. The first kappa shape index (κ1) is 18.1. The fourth-order valence-corrected chi connectivity index (χ4v) is 1.78. The topological polar surface area (TPSA) is 73.9 Å². The smallest absolute Gasteiger partial charge is 0.338 e. The third-order valence-corrected chi connectivity index (χ3v) is 2.92. The molecule has 1 amide bonds. The number of halogens is 1. The van der Waals surface area contributed by atoms with Gasteiger partial charge in [0.1, 0.15) is 0 Å². The maximum atomic E-state index is 11.9. The van der Waals surface area contributed by atoms with E-state index in [4.69, 9.17) is 25.8 Å². The number of hydrogen-bond acceptors (Lipinski definition) is 5. The van der Waals surface area contributed by atoms with Gasteiger partial charge in [-0.2, -0.15) is 0 Å². The Morgan fingerprint density at radius 2 is 2.00 bits per heavy atom. The number of carbonyl (C=O) groups is 2. The molecule has 122 valence electrons. The second kappa shape index (κ2) is 8.48. The fourth-order valence-electron chi connectivity index (χ4n) is 1.51. The van der Waals surface area contributed by atoms with Crippen LogP contribution in [0.3, 0.4) is 0 Å². The maximum absolute atomic E-state index is 11.9. The standard InChI is InChI=1S/C15H20ClNO5/c1-9(2)7-21-14-11(16)5-10(6-12(14)20-4)15(19)22-8-13(18)17-3/h5-6,9H,7-8H2,1-4H3,(H,17,18). The van der Waals surface area contributed by atoms with Crippen molar-refractivity contribution in [3.8, 4) is 11.5 Å². The lowest BCUT2D eigenvalue weighted by molar-refractivity contribution is -0.123. The number of nitrogens with one attached hydrogen (secondary N) is 1. The van der Waals surface area contributed by atoms with E-state index in [1.54, 1.807) is 0 Å². The molecule has 0 spiro atoms. The van der Waals surface area contributed by atoms with Gasteiger partial charge in [-0.3, -0.25) is 4.79 Å². The highest BCUT2D eigenvalue weighted by atomic mass is 35.5. The molecule has 0 aromatic heterocycles. The van der Waals surface area contributed by atoms with Gasteiger partial charge in [-0.05, 0) is 18.1 Å². The average Bonchev–Trinajstić information content (AvgIpc) is 2.49. The summed E-state index contributed by atoms with van der Waals surface area (Å²) in [6.07, 6.45) is 0. The van der Waals surface area contributed by atoms with Crippen molar-refractivity contribution < 1.29 is 23.8 Å². The van der Waals surface area contributed by atoms with Crippen LogP contribution in [0.4, 0.5) is 0 Å². The Labute approximate surface area is 134 Å². The number of amides is 1. The first-order valence-electron chi connectivity index (χ1n) is 6.77. The van der Waals surface area contributed by atoms with Crippen LogP contribution in [0.25, 0.3) is 0 Å². The lowest BCUT2D eigenvalue weighted by Crippen LogP contribution is -2.25. The SMILES string of the molecule is CNC(=O)COC(=O)c1cc(Cl)c(OCC(C)C)c(OC)c1. The van der Waals surface area contributed by atoms with Crippen molar-refractivity contribution in [1.82, 2.24) is 5.32 Å². The highest BCUT2D eigenvalue weighted by Gasteiger charge is 2.17. The quantitative estimate of drug-likeness (QED) is 0.777. The van der Waals surface area contributed by atoms with Crippen LogP contribution in [-0.4, -0.2) is 39.2 Å². The van der Waals surface area contributed by atoms with Crippen molar-refractivity contribution in [3.05, 3.63) is 22.7 Å². The van der Waals surface area contributed by atoms with Gasteiger partial charge in [-0.25, -0.2) is 4.79 Å². The molecule has 7 heteroatoms. The van der Waals surface area contributed by atoms with Crippen LogP contribution in [-0.2, 0) is 9.53 Å². The van der Waals surface area contributed by atoms with Gasteiger partial charge in [-0.1, -0.05) is 25.4 Å². The molecule has 1 aromatic rings. The Bertz CT molecular complexity index is 545. The second-order valence-corrected chi connectivity index (χ2v) is 5.35. The first-order chi connectivity index (χ1) is 10.4. The van der Waals surface area contributed by atoms with Crippen LogP contribution >= 0.6 is 11.6 Å². The number of hydrogen-bond donors (Lipinski definition) is 1. The zero-order valence-electron chi connectivity index (χ0n) is 13.1. The molecule has 1 rings (SSSR count). The van der Waals surface area contributed by atoms with E-state index in [0.717, 1.165) is 0 Å². The van der Waals surface area contributed by atoms with Gasteiger partial charge in [0, 0.05) is 7.05 Å². The van der Waals surface area contributed by atoms with Crippen molar-refractivity contribution in [2.45, 2.75) is 13.8 Å². The molecule has 0 aliphatic carbocycles. The molecule has 1 N–H and O–H groups in total. The van der Waals surface area contributed by atoms with Gasteiger partial charge in [-0.15, -0.1) is 0 Å². The highest BCUT2D eigenvalue weighted by molar-refractivity contribution is 6.32. The van der Waals surface area contributed by atoms with Crippen LogP contribution in [0.5, 0.6) is 11.5 Å². The number of carbonyl (C=O) groups excluding carboxylic acids is 2. The number of ether oxygens (including phenoxy) is 3. The minimum atomic E-state index is -0.667. The van der Waals surface area contributed by atoms with Gasteiger partial charge in [0.15, 0.2) is 18.1 Å². The largest absolute Gasteiger partial charge is 0.493 e. The van der Waals surface area contributed by atoms with E-state index in [0.29, 0.717) is 24.0 Å². The highest BCUT2D eigenvalue weighted by Crippen LogP contribution is 2.36. The molecule has 0 atom stereocenters. The molecule has 22 heavy (non-hydrogen) atoms. The normalized spacial score (nSPS) is 10.3. The van der Waals surface area contributed by atoms with Gasteiger partial charge < -0.3 is 19.5 Å². The van der Waals surface area contributed by atoms with Gasteiger partial charge in [0.05, 0.1) is 24.3 Å².